The van der Waals surface area contributed by atoms with Crippen molar-refractivity contribution in [3.05, 3.63) is 123 Å². The van der Waals surface area contributed by atoms with Crippen molar-refractivity contribution >= 4 is 0 Å². The predicted molar refractivity (Wildman–Crippen MR) is 223 cm³/mol. The highest BCUT2D eigenvalue weighted by Gasteiger charge is 2.27. The van der Waals surface area contributed by atoms with Crippen LogP contribution in [0.15, 0.2) is 12.1 Å². The normalized spacial score (nSPS) is 12.2. The van der Waals surface area contributed by atoms with Crippen molar-refractivity contribution < 1.29 is 2.74 Å². The summed E-state index contributed by atoms with van der Waals surface area (Å²) in [7, 11) is 0. The highest BCUT2D eigenvalue weighted by atomic mass is 14.3. The third-order valence-electron chi connectivity index (χ3n) is 14.0. The van der Waals surface area contributed by atoms with Gasteiger partial charge in [0, 0.05) is 0 Å². The van der Waals surface area contributed by atoms with Crippen molar-refractivity contribution in [2.45, 2.75) is 138 Å². The molecule has 0 saturated heterocycles. The summed E-state index contributed by atoms with van der Waals surface area (Å²) in [6.45, 7) is 44.5. The first-order chi connectivity index (χ1) is 24.0. The first kappa shape index (κ1) is 34.5. The number of rotatable bonds is 4. The quantitative estimate of drug-likeness (QED) is 0.179. The van der Waals surface area contributed by atoms with E-state index < -0.39 is 0 Å². The zero-order chi connectivity index (χ0) is 39.3. The van der Waals surface area contributed by atoms with Crippen LogP contribution in [0.25, 0.3) is 44.5 Å². The van der Waals surface area contributed by atoms with Gasteiger partial charge in [-0.2, -0.15) is 0 Å². The van der Waals surface area contributed by atoms with Gasteiger partial charge in [0.1, 0.15) is 0 Å². The first-order valence-electron chi connectivity index (χ1n) is 19.5. The average molecular weight is 665 g/mol. The van der Waals surface area contributed by atoms with Gasteiger partial charge in [0.05, 0.1) is 2.74 Å². The maximum Gasteiger partial charge on any atom is 0.0636 e. The summed E-state index contributed by atoms with van der Waals surface area (Å²) < 4.78 is 21.5. The van der Waals surface area contributed by atoms with E-state index in [0.29, 0.717) is 12.1 Å². The molecule has 262 valence electrons. The average Bonchev–Trinajstić information content (AvgIpc) is 3.11. The smallest absolute Gasteiger partial charge is 0.0452 e. The third-order valence-corrected chi connectivity index (χ3v) is 14.0. The SMILES string of the molecule is [2H]c1c(-c2c(C)c(C)c(C)c(C)c2C)c(-c2c(C)c(C)c(C)c(C)c2C)c([2H])c(-c2c(C)c(C)c(C)c(C)c2C)c1-c1c(C)c(C)c(C)c(C)c1C. The van der Waals surface area contributed by atoms with Crippen LogP contribution in [0.3, 0.4) is 0 Å². The van der Waals surface area contributed by atoms with E-state index in [1.54, 1.807) is 0 Å². The predicted octanol–water partition coefficient (Wildman–Crippen LogP) is 14.5. The molecule has 0 nitrogen and oxygen atoms in total. The van der Waals surface area contributed by atoms with Gasteiger partial charge in [0.2, 0.25) is 0 Å². The molecule has 0 aliphatic rings. The molecule has 0 aromatic heterocycles. The van der Waals surface area contributed by atoms with Crippen molar-refractivity contribution in [1.29, 1.82) is 0 Å². The summed E-state index contributed by atoms with van der Waals surface area (Å²) in [5, 5.41) is 0. The Morgan fingerprint density at radius 3 is 0.420 bits per heavy atom. The van der Waals surface area contributed by atoms with Gasteiger partial charge in [-0.25, -0.2) is 0 Å². The molecule has 0 heteroatoms. The van der Waals surface area contributed by atoms with Crippen LogP contribution < -0.4 is 0 Å². The van der Waals surface area contributed by atoms with Crippen LogP contribution in [-0.4, -0.2) is 0 Å². The third kappa shape index (κ3) is 5.32. The van der Waals surface area contributed by atoms with E-state index in [-0.39, 0.29) is 0 Å². The Kier molecular flexibility index (Phi) is 8.99. The Morgan fingerprint density at radius 2 is 0.300 bits per heavy atom. The maximum atomic E-state index is 10.8. The summed E-state index contributed by atoms with van der Waals surface area (Å²) >= 11 is 0. The Bertz CT molecular complexity index is 1940. The van der Waals surface area contributed by atoms with E-state index in [2.05, 4.69) is 138 Å². The van der Waals surface area contributed by atoms with Gasteiger partial charge in [-0.05, 0) is 306 Å². The standard InChI is InChI=1S/C50H62/c1-23-27(5)35(13)47(36(14)28(23)6)43-21-45(49-39(17)31(9)25(3)32(10)40(49)18)46(50-41(19)33(11)26(4)34(12)42(50)20)22-44(43)48-37(15)29(7)24(2)30(8)38(48)16/h21-22H,1-20H3/i21D,22D. The number of benzene rings is 5. The van der Waals surface area contributed by atoms with Gasteiger partial charge in [-0.1, -0.05) is 0 Å². The highest BCUT2D eigenvalue weighted by Crippen LogP contribution is 2.50. The minimum absolute atomic E-state index is 0.521. The van der Waals surface area contributed by atoms with E-state index in [1.165, 1.54) is 111 Å². The molecule has 0 heterocycles. The second kappa shape index (κ2) is 13.0. The van der Waals surface area contributed by atoms with Crippen molar-refractivity contribution in [3.8, 4) is 44.5 Å². The molecule has 5 rings (SSSR count). The molecule has 0 atom stereocenters. The van der Waals surface area contributed by atoms with Crippen LogP contribution in [0, 0.1) is 138 Å². The molecule has 0 aliphatic heterocycles. The second-order valence-electron chi connectivity index (χ2n) is 15.8. The van der Waals surface area contributed by atoms with Gasteiger partial charge in [0.15, 0.2) is 0 Å². The summed E-state index contributed by atoms with van der Waals surface area (Å²) in [4.78, 5) is 0. The van der Waals surface area contributed by atoms with Crippen LogP contribution in [0.5, 0.6) is 0 Å². The Morgan fingerprint density at radius 1 is 0.200 bits per heavy atom. The topological polar surface area (TPSA) is 0 Å². The highest BCUT2D eigenvalue weighted by molar-refractivity contribution is 6.00. The fourth-order valence-corrected chi connectivity index (χ4v) is 8.75. The molecule has 0 radical (unpaired) electrons. The minimum atomic E-state index is 0.521. The Balaban J connectivity index is 2.30. The summed E-state index contributed by atoms with van der Waals surface area (Å²) in [6, 6.07) is 1.04. The molecular formula is C50H62. The summed E-state index contributed by atoms with van der Waals surface area (Å²) in [5.41, 5.74) is 32.9. The van der Waals surface area contributed by atoms with E-state index in [9.17, 15) is 2.74 Å². The van der Waals surface area contributed by atoms with Gasteiger partial charge < -0.3 is 0 Å². The zero-order valence-corrected chi connectivity index (χ0v) is 35.0. The molecule has 5 aromatic rings. The van der Waals surface area contributed by atoms with E-state index in [4.69, 9.17) is 0 Å². The number of hydrogen-bond donors (Lipinski definition) is 0. The van der Waals surface area contributed by atoms with Crippen LogP contribution >= 0.6 is 0 Å². The van der Waals surface area contributed by atoms with Crippen LogP contribution in [0.4, 0.5) is 0 Å². The van der Waals surface area contributed by atoms with Gasteiger partial charge in [-0.3, -0.25) is 0 Å². The maximum absolute atomic E-state index is 10.8. The largest absolute Gasteiger partial charge is 0.0636 e. The lowest BCUT2D eigenvalue weighted by molar-refractivity contribution is 1.16. The van der Waals surface area contributed by atoms with Crippen molar-refractivity contribution in [1.82, 2.24) is 0 Å². The molecule has 0 spiro atoms. The van der Waals surface area contributed by atoms with Crippen molar-refractivity contribution in [3.63, 3.8) is 0 Å². The molecule has 0 N–H and O–H groups in total. The van der Waals surface area contributed by atoms with Crippen LogP contribution in [0.2, 0.25) is 0 Å². The first-order valence-corrected chi connectivity index (χ1v) is 18.5. The summed E-state index contributed by atoms with van der Waals surface area (Å²) in [6.07, 6.45) is 0. The Hall–Kier alpha value is -3.90. The molecule has 0 fully saturated rings. The van der Waals surface area contributed by atoms with E-state index >= 15 is 0 Å². The van der Waals surface area contributed by atoms with Crippen molar-refractivity contribution in [2.24, 2.45) is 0 Å². The summed E-state index contributed by atoms with van der Waals surface area (Å²) in [5.74, 6) is 0. The fraction of sp³-hybridized carbons (Fsp3) is 0.400. The van der Waals surface area contributed by atoms with E-state index in [0.717, 1.165) is 44.5 Å². The molecule has 50 heavy (non-hydrogen) atoms. The van der Waals surface area contributed by atoms with Crippen molar-refractivity contribution in [2.75, 3.05) is 0 Å². The lowest BCUT2D eigenvalue weighted by atomic mass is 9.75. The molecule has 0 bridgehead atoms. The lowest BCUT2D eigenvalue weighted by Gasteiger charge is -2.29. The van der Waals surface area contributed by atoms with Gasteiger partial charge in [0.25, 0.3) is 0 Å². The van der Waals surface area contributed by atoms with Gasteiger partial charge in [-0.15, -0.1) is 0 Å². The Labute approximate surface area is 308 Å². The molecular weight excluding hydrogens is 601 g/mol. The van der Waals surface area contributed by atoms with E-state index in [1.807, 2.05) is 0 Å². The van der Waals surface area contributed by atoms with Crippen LogP contribution in [0.1, 0.15) is 114 Å². The fourth-order valence-electron chi connectivity index (χ4n) is 8.75. The van der Waals surface area contributed by atoms with Crippen LogP contribution in [-0.2, 0) is 0 Å². The number of hydrogen-bond acceptors (Lipinski definition) is 0. The molecule has 0 aliphatic carbocycles. The molecule has 5 aromatic carbocycles. The molecule has 0 amide bonds. The lowest BCUT2D eigenvalue weighted by Crippen LogP contribution is -2.07. The molecule has 0 saturated carbocycles. The minimum Gasteiger partial charge on any atom is -0.0452 e. The van der Waals surface area contributed by atoms with Gasteiger partial charge >= 0.3 is 0 Å². The second-order valence-corrected chi connectivity index (χ2v) is 15.8. The molecule has 0 unspecified atom stereocenters. The zero-order valence-electron chi connectivity index (χ0n) is 37.0. The monoisotopic (exact) mass is 664 g/mol.